The zero-order chi connectivity index (χ0) is 20.8. The summed E-state index contributed by atoms with van der Waals surface area (Å²) >= 11 is 0. The summed E-state index contributed by atoms with van der Waals surface area (Å²) in [5, 5.41) is 2.90. The zero-order valence-corrected chi connectivity index (χ0v) is 16.6. The van der Waals surface area contributed by atoms with E-state index in [1.165, 1.54) is 0 Å². The molecule has 0 radical (unpaired) electrons. The largest absolute Gasteiger partial charge is 0.490 e. The highest BCUT2D eigenvalue weighted by molar-refractivity contribution is 5.94. The first-order valence-corrected chi connectivity index (χ1v) is 10.0. The summed E-state index contributed by atoms with van der Waals surface area (Å²) in [5.41, 5.74) is 2.27. The van der Waals surface area contributed by atoms with Crippen LogP contribution < -0.4 is 10.1 Å². The van der Waals surface area contributed by atoms with Crippen molar-refractivity contribution < 1.29 is 14.3 Å². The molecule has 1 aromatic carbocycles. The van der Waals surface area contributed by atoms with E-state index in [1.54, 1.807) is 43.0 Å². The molecular weight excluding hydrogens is 380 g/mol. The minimum Gasteiger partial charge on any atom is -0.490 e. The zero-order valence-electron chi connectivity index (χ0n) is 16.6. The lowest BCUT2D eigenvalue weighted by Gasteiger charge is -2.32. The van der Waals surface area contributed by atoms with Gasteiger partial charge in [-0.15, -0.1) is 0 Å². The molecule has 1 saturated heterocycles. The number of piperidine rings is 1. The van der Waals surface area contributed by atoms with Gasteiger partial charge in [0, 0.05) is 62.8 Å². The number of carbonyl (C=O) groups is 2. The van der Waals surface area contributed by atoms with Crippen LogP contribution in [-0.2, 0) is 6.54 Å². The Hall–Kier alpha value is -3.61. The van der Waals surface area contributed by atoms with Gasteiger partial charge in [-0.2, -0.15) is 0 Å². The van der Waals surface area contributed by atoms with E-state index in [1.807, 2.05) is 29.2 Å². The van der Waals surface area contributed by atoms with Crippen LogP contribution in [0, 0.1) is 0 Å². The van der Waals surface area contributed by atoms with Crippen molar-refractivity contribution in [3.63, 3.8) is 0 Å². The molecule has 2 amide bonds. The van der Waals surface area contributed by atoms with Gasteiger partial charge >= 0.3 is 0 Å². The van der Waals surface area contributed by atoms with Crippen molar-refractivity contribution in [1.82, 2.24) is 20.2 Å². The van der Waals surface area contributed by atoms with Crippen LogP contribution in [0.25, 0.3) is 0 Å². The molecule has 1 aliphatic rings. The lowest BCUT2D eigenvalue weighted by molar-refractivity contribution is 0.0595. The summed E-state index contributed by atoms with van der Waals surface area (Å²) in [5.74, 6) is 0.655. The minimum absolute atomic E-state index is 0.0526. The van der Waals surface area contributed by atoms with Gasteiger partial charge in [0.2, 0.25) is 0 Å². The number of aromatic amines is 1. The average molecular weight is 404 g/mol. The standard InChI is InChI=1S/C23H24N4O3/c28-22(26-15-17-5-10-24-11-6-17)18-1-3-20(4-2-18)30-21-8-13-27(14-9-21)23(29)19-7-12-25-16-19/h1-7,10-12,16,21,25H,8-9,13-15H2,(H,26,28). The molecule has 154 valence electrons. The third kappa shape index (κ3) is 4.86. The lowest BCUT2D eigenvalue weighted by Crippen LogP contribution is -2.41. The number of carbonyl (C=O) groups excluding carboxylic acids is 2. The maximum Gasteiger partial charge on any atom is 0.255 e. The molecule has 3 heterocycles. The molecule has 7 nitrogen and oxygen atoms in total. The van der Waals surface area contributed by atoms with Crippen molar-refractivity contribution in [2.75, 3.05) is 13.1 Å². The van der Waals surface area contributed by atoms with E-state index in [-0.39, 0.29) is 17.9 Å². The third-order valence-corrected chi connectivity index (χ3v) is 5.20. The fourth-order valence-corrected chi connectivity index (χ4v) is 3.48. The van der Waals surface area contributed by atoms with E-state index >= 15 is 0 Å². The molecule has 30 heavy (non-hydrogen) atoms. The Bertz CT molecular complexity index is 963. The van der Waals surface area contributed by atoms with Crippen LogP contribution in [0.2, 0.25) is 0 Å². The molecule has 1 aliphatic heterocycles. The number of hydrogen-bond donors (Lipinski definition) is 2. The van der Waals surface area contributed by atoms with Crippen LogP contribution in [0.15, 0.2) is 67.3 Å². The third-order valence-electron chi connectivity index (χ3n) is 5.20. The molecule has 3 aromatic rings. The summed E-state index contributed by atoms with van der Waals surface area (Å²) in [6, 6.07) is 12.7. The van der Waals surface area contributed by atoms with Gasteiger partial charge < -0.3 is 19.9 Å². The summed E-state index contributed by atoms with van der Waals surface area (Å²) < 4.78 is 6.06. The highest BCUT2D eigenvalue weighted by Gasteiger charge is 2.24. The molecule has 4 rings (SSSR count). The normalized spacial score (nSPS) is 14.3. The number of hydrogen-bond acceptors (Lipinski definition) is 4. The van der Waals surface area contributed by atoms with Crippen molar-refractivity contribution in [1.29, 1.82) is 0 Å². The predicted octanol–water partition coefficient (Wildman–Crippen LogP) is 3.02. The molecule has 0 aliphatic carbocycles. The summed E-state index contributed by atoms with van der Waals surface area (Å²) in [4.78, 5) is 33.4. The Morgan fingerprint density at radius 2 is 1.77 bits per heavy atom. The van der Waals surface area contributed by atoms with Gasteiger partial charge in [-0.1, -0.05) is 0 Å². The molecular formula is C23H24N4O3. The van der Waals surface area contributed by atoms with Gasteiger partial charge in [-0.05, 0) is 48.0 Å². The van der Waals surface area contributed by atoms with E-state index in [0.717, 1.165) is 24.2 Å². The van der Waals surface area contributed by atoms with E-state index < -0.39 is 0 Å². The van der Waals surface area contributed by atoms with Crippen LogP contribution in [0.1, 0.15) is 39.1 Å². The number of H-pyrrole nitrogens is 1. The van der Waals surface area contributed by atoms with Gasteiger partial charge in [0.05, 0.1) is 5.56 Å². The number of rotatable bonds is 6. The van der Waals surface area contributed by atoms with Gasteiger partial charge in [0.25, 0.3) is 11.8 Å². The molecule has 0 saturated carbocycles. The summed E-state index contributed by atoms with van der Waals surface area (Å²) in [7, 11) is 0. The number of likely N-dealkylation sites (tertiary alicyclic amines) is 1. The van der Waals surface area contributed by atoms with Gasteiger partial charge in [0.15, 0.2) is 0 Å². The number of benzene rings is 1. The molecule has 1 fully saturated rings. The molecule has 2 N–H and O–H groups in total. The SMILES string of the molecule is O=C(NCc1ccncc1)c1ccc(OC2CCN(C(=O)c3cc[nH]c3)CC2)cc1. The van der Waals surface area contributed by atoms with Crippen LogP contribution in [0.4, 0.5) is 0 Å². The maximum atomic E-state index is 12.4. The topological polar surface area (TPSA) is 87.3 Å². The second-order valence-electron chi connectivity index (χ2n) is 7.27. The molecule has 2 aromatic heterocycles. The lowest BCUT2D eigenvalue weighted by atomic mass is 10.1. The molecule has 7 heteroatoms. The van der Waals surface area contributed by atoms with Crippen molar-refractivity contribution in [2.24, 2.45) is 0 Å². The van der Waals surface area contributed by atoms with Crippen LogP contribution in [0.3, 0.4) is 0 Å². The molecule has 0 atom stereocenters. The fourth-order valence-electron chi connectivity index (χ4n) is 3.48. The number of pyridine rings is 1. The maximum absolute atomic E-state index is 12.4. The Kier molecular flexibility index (Phi) is 6.08. The van der Waals surface area contributed by atoms with E-state index in [9.17, 15) is 9.59 Å². The first-order valence-electron chi connectivity index (χ1n) is 10.0. The summed E-state index contributed by atoms with van der Waals surface area (Å²) in [6.07, 6.45) is 8.51. The second kappa shape index (κ2) is 9.26. The van der Waals surface area contributed by atoms with Gasteiger partial charge in [-0.25, -0.2) is 0 Å². The Balaban J connectivity index is 1.25. The van der Waals surface area contributed by atoms with E-state index in [0.29, 0.717) is 30.8 Å². The quantitative estimate of drug-likeness (QED) is 0.661. The first-order chi connectivity index (χ1) is 14.7. The Morgan fingerprint density at radius 1 is 1.03 bits per heavy atom. The molecule has 0 unspecified atom stereocenters. The van der Waals surface area contributed by atoms with Crippen molar-refractivity contribution in [2.45, 2.75) is 25.5 Å². The van der Waals surface area contributed by atoms with Crippen LogP contribution in [0.5, 0.6) is 5.75 Å². The number of amides is 2. The van der Waals surface area contributed by atoms with Crippen molar-refractivity contribution in [3.8, 4) is 5.75 Å². The monoisotopic (exact) mass is 404 g/mol. The van der Waals surface area contributed by atoms with Gasteiger partial charge in [0.1, 0.15) is 11.9 Å². The predicted molar refractivity (Wildman–Crippen MR) is 112 cm³/mol. The Labute approximate surface area is 175 Å². The van der Waals surface area contributed by atoms with Gasteiger partial charge in [-0.3, -0.25) is 14.6 Å². The number of nitrogens with one attached hydrogen (secondary N) is 2. The van der Waals surface area contributed by atoms with E-state index in [2.05, 4.69) is 15.3 Å². The second-order valence-corrected chi connectivity index (χ2v) is 7.27. The summed E-state index contributed by atoms with van der Waals surface area (Å²) in [6.45, 7) is 1.80. The number of nitrogens with zero attached hydrogens (tertiary/aromatic N) is 2. The smallest absolute Gasteiger partial charge is 0.255 e. The van der Waals surface area contributed by atoms with Crippen LogP contribution in [-0.4, -0.2) is 45.9 Å². The highest BCUT2D eigenvalue weighted by Crippen LogP contribution is 2.21. The minimum atomic E-state index is -0.130. The average Bonchev–Trinajstić information content (AvgIpc) is 3.34. The highest BCUT2D eigenvalue weighted by atomic mass is 16.5. The van der Waals surface area contributed by atoms with Crippen molar-refractivity contribution in [3.05, 3.63) is 83.9 Å². The Morgan fingerprint density at radius 3 is 2.43 bits per heavy atom. The van der Waals surface area contributed by atoms with E-state index in [4.69, 9.17) is 4.74 Å². The first kappa shape index (κ1) is 19.7. The van der Waals surface area contributed by atoms with Crippen LogP contribution >= 0.6 is 0 Å². The number of aromatic nitrogens is 2. The molecule has 0 spiro atoms. The molecule has 0 bridgehead atoms. The fraction of sp³-hybridized carbons (Fsp3) is 0.261. The number of ether oxygens (including phenoxy) is 1. The van der Waals surface area contributed by atoms with Crippen molar-refractivity contribution >= 4 is 11.8 Å².